The first kappa shape index (κ1) is 32.0. The van der Waals surface area contributed by atoms with Crippen molar-refractivity contribution < 1.29 is 34.4 Å². The van der Waals surface area contributed by atoms with Gasteiger partial charge < -0.3 is 31.1 Å². The van der Waals surface area contributed by atoms with E-state index in [1.165, 1.54) is 11.0 Å². The molecule has 3 rings (SSSR count). The molecule has 11 heteroatoms. The molecule has 0 saturated carbocycles. The van der Waals surface area contributed by atoms with Crippen LogP contribution >= 0.6 is 0 Å². The topological polar surface area (TPSA) is 166 Å². The third-order valence-corrected chi connectivity index (χ3v) is 6.99. The highest BCUT2D eigenvalue weighted by Gasteiger charge is 2.37. The van der Waals surface area contributed by atoms with Gasteiger partial charge in [0.25, 0.3) is 5.91 Å². The molecule has 41 heavy (non-hydrogen) atoms. The minimum Gasteiger partial charge on any atom is -0.508 e. The summed E-state index contributed by atoms with van der Waals surface area (Å²) in [4.78, 5) is 38.0. The number of benzene rings is 2. The van der Waals surface area contributed by atoms with Crippen molar-refractivity contribution in [2.45, 2.75) is 57.7 Å². The number of aryl methyl sites for hydroxylation is 1. The molecule has 0 spiro atoms. The summed E-state index contributed by atoms with van der Waals surface area (Å²) in [6.07, 6.45) is 6.14. The Bertz CT molecular complexity index is 1160. The minimum absolute atomic E-state index is 0.0251. The van der Waals surface area contributed by atoms with E-state index >= 15 is 0 Å². The average molecular weight is 571 g/mol. The van der Waals surface area contributed by atoms with E-state index in [2.05, 4.69) is 5.32 Å². The number of carbonyl (C=O) groups excluding carboxylic acids is 3. The van der Waals surface area contributed by atoms with Crippen molar-refractivity contribution in [3.63, 3.8) is 0 Å². The van der Waals surface area contributed by atoms with E-state index in [4.69, 9.17) is 10.5 Å². The lowest BCUT2D eigenvalue weighted by molar-refractivity contribution is -0.129. The molecule has 1 unspecified atom stereocenters. The maximum Gasteiger partial charge on any atom is 0.332 e. The number of hydrogen-bond donors (Lipinski definition) is 5. The number of nitrogens with zero attached hydrogens (tertiary/aromatic N) is 2. The molecule has 1 aliphatic rings. The molecular weight excluding hydrogens is 528 g/mol. The minimum atomic E-state index is -0.725. The molecule has 1 atom stereocenters. The highest BCUT2D eigenvalue weighted by atomic mass is 16.5. The van der Waals surface area contributed by atoms with E-state index in [0.717, 1.165) is 68.6 Å². The fraction of sp³-hybridized carbons (Fsp3) is 0.500. The Morgan fingerprint density at radius 1 is 1.02 bits per heavy atom. The van der Waals surface area contributed by atoms with Gasteiger partial charge in [0.05, 0.1) is 12.7 Å². The van der Waals surface area contributed by atoms with Crippen LogP contribution < -0.4 is 16.0 Å². The second kappa shape index (κ2) is 16.7. The quantitative estimate of drug-likeness (QED) is 0.127. The highest BCUT2D eigenvalue weighted by Crippen LogP contribution is 2.24. The van der Waals surface area contributed by atoms with Gasteiger partial charge in [0, 0.05) is 31.0 Å². The van der Waals surface area contributed by atoms with Gasteiger partial charge in [-0.25, -0.2) is 4.79 Å². The third kappa shape index (κ3) is 10.1. The summed E-state index contributed by atoms with van der Waals surface area (Å²) in [6, 6.07) is 11.8. The molecule has 0 aliphatic carbocycles. The Morgan fingerprint density at radius 2 is 1.78 bits per heavy atom. The molecule has 11 nitrogen and oxygen atoms in total. The zero-order valence-corrected chi connectivity index (χ0v) is 23.5. The normalized spacial score (nSPS) is 14.2. The van der Waals surface area contributed by atoms with Gasteiger partial charge in [0.2, 0.25) is 5.91 Å². The number of nitrogens with one attached hydrogen (secondary N) is 1. The number of hydrogen-bond acceptors (Lipinski definition) is 8. The van der Waals surface area contributed by atoms with Gasteiger partial charge in [-0.1, -0.05) is 31.0 Å². The zero-order chi connectivity index (χ0) is 29.6. The Balaban J connectivity index is 1.20. The van der Waals surface area contributed by atoms with Crippen LogP contribution in [0.15, 0.2) is 42.5 Å². The average Bonchev–Trinajstić information content (AvgIpc) is 3.23. The molecule has 2 aromatic carbocycles. The number of urea groups is 1. The number of anilines is 1. The van der Waals surface area contributed by atoms with Crippen LogP contribution in [0.25, 0.3) is 0 Å². The smallest absolute Gasteiger partial charge is 0.332 e. The predicted octanol–water partition coefficient (Wildman–Crippen LogP) is 2.36. The number of aliphatic hydroxyl groups excluding tert-OH is 2. The van der Waals surface area contributed by atoms with E-state index in [1.807, 2.05) is 18.2 Å². The molecule has 6 N–H and O–H groups in total. The fourth-order valence-corrected chi connectivity index (χ4v) is 4.67. The van der Waals surface area contributed by atoms with Crippen LogP contribution in [0.2, 0.25) is 0 Å². The summed E-state index contributed by atoms with van der Waals surface area (Å²) < 4.78 is 5.76. The molecule has 0 aromatic heterocycles. The van der Waals surface area contributed by atoms with Crippen molar-refractivity contribution in [3.05, 3.63) is 59.2 Å². The summed E-state index contributed by atoms with van der Waals surface area (Å²) in [5.74, 6) is -1.14. The first-order chi connectivity index (χ1) is 19.8. The molecule has 1 fully saturated rings. The lowest BCUT2D eigenvalue weighted by atomic mass is 10.1. The molecule has 0 radical (unpaired) electrons. The summed E-state index contributed by atoms with van der Waals surface area (Å²) in [6.45, 7) is 1.85. The predicted molar refractivity (Wildman–Crippen MR) is 154 cm³/mol. The molecule has 1 saturated heterocycles. The highest BCUT2D eigenvalue weighted by molar-refractivity contribution is 6.13. The zero-order valence-electron chi connectivity index (χ0n) is 23.5. The molecular formula is C30H42N4O7. The van der Waals surface area contributed by atoms with E-state index < -0.39 is 30.5 Å². The first-order valence-corrected chi connectivity index (χ1v) is 14.2. The summed E-state index contributed by atoms with van der Waals surface area (Å²) in [7, 11) is 0. The number of unbranched alkanes of at least 4 members (excludes halogenated alkanes) is 4. The summed E-state index contributed by atoms with van der Waals surface area (Å²) >= 11 is 0. The lowest BCUT2D eigenvalue weighted by Crippen LogP contribution is -2.39. The monoisotopic (exact) mass is 570 g/mol. The fourth-order valence-electron chi connectivity index (χ4n) is 4.67. The van der Waals surface area contributed by atoms with Crippen molar-refractivity contribution in [3.8, 4) is 5.75 Å². The third-order valence-electron chi connectivity index (χ3n) is 6.99. The largest absolute Gasteiger partial charge is 0.508 e. The standard InChI is InChI=1S/C30H42N4O7/c31-28(38)19-34-29(39)20-33(30(34)40)25-10-7-9-22(16-25)8-3-6-15-41-14-5-2-1-4-13-32-18-27(37)23-11-12-26(36)24(17-23)21-35/h7,9-12,16-17,27,32,35-37H,1-6,8,13-15,18-21H2,(H2,31,38). The van der Waals surface area contributed by atoms with Gasteiger partial charge in [-0.3, -0.25) is 19.4 Å². The lowest BCUT2D eigenvalue weighted by Gasteiger charge is -2.17. The van der Waals surface area contributed by atoms with Crippen molar-refractivity contribution in [2.24, 2.45) is 5.73 Å². The molecule has 4 amide bonds. The van der Waals surface area contributed by atoms with Crippen LogP contribution in [-0.4, -0.2) is 77.5 Å². The summed E-state index contributed by atoms with van der Waals surface area (Å²) in [5.41, 5.74) is 7.90. The number of nitrogens with two attached hydrogens (primary N) is 1. The second-order valence-electron chi connectivity index (χ2n) is 10.2. The van der Waals surface area contributed by atoms with Crippen LogP contribution in [0, 0.1) is 0 Å². The molecule has 1 heterocycles. The second-order valence-corrected chi connectivity index (χ2v) is 10.2. The molecule has 2 aromatic rings. The van der Waals surface area contributed by atoms with Crippen LogP contribution in [0.1, 0.15) is 61.3 Å². The number of primary amides is 1. The Labute approximate surface area is 240 Å². The first-order valence-electron chi connectivity index (χ1n) is 14.2. The van der Waals surface area contributed by atoms with Crippen LogP contribution in [0.3, 0.4) is 0 Å². The van der Waals surface area contributed by atoms with Gasteiger partial charge >= 0.3 is 6.03 Å². The Morgan fingerprint density at radius 3 is 2.54 bits per heavy atom. The number of aliphatic hydroxyl groups is 2. The van der Waals surface area contributed by atoms with Crippen LogP contribution in [0.5, 0.6) is 5.75 Å². The summed E-state index contributed by atoms with van der Waals surface area (Å²) in [5, 5.41) is 32.4. The van der Waals surface area contributed by atoms with E-state index in [1.54, 1.807) is 18.2 Å². The molecule has 0 bridgehead atoms. The number of ether oxygens (including phenoxy) is 1. The molecule has 224 valence electrons. The van der Waals surface area contributed by atoms with Gasteiger partial charge in [-0.2, -0.15) is 0 Å². The van der Waals surface area contributed by atoms with Gasteiger partial charge in [-0.05, 0) is 74.0 Å². The van der Waals surface area contributed by atoms with Crippen molar-refractivity contribution in [1.29, 1.82) is 0 Å². The van der Waals surface area contributed by atoms with Gasteiger partial charge in [0.15, 0.2) is 0 Å². The van der Waals surface area contributed by atoms with Gasteiger partial charge in [0.1, 0.15) is 18.8 Å². The van der Waals surface area contributed by atoms with Gasteiger partial charge in [-0.15, -0.1) is 0 Å². The van der Waals surface area contributed by atoms with E-state index in [-0.39, 0.29) is 18.9 Å². The van der Waals surface area contributed by atoms with E-state index in [9.17, 15) is 29.7 Å². The number of imide groups is 1. The number of amides is 4. The number of carbonyl (C=O) groups is 3. The maximum atomic E-state index is 12.5. The number of aromatic hydroxyl groups is 1. The SMILES string of the molecule is NC(=O)CN1C(=O)CN(c2cccc(CCCCOCCCCCCNCC(O)c3ccc(O)c(CO)c3)c2)C1=O. The Hall–Kier alpha value is -3.51. The maximum absolute atomic E-state index is 12.5. The molecule has 1 aliphatic heterocycles. The van der Waals surface area contributed by atoms with Crippen molar-refractivity contribution in [1.82, 2.24) is 10.2 Å². The number of rotatable bonds is 19. The van der Waals surface area contributed by atoms with E-state index in [0.29, 0.717) is 30.0 Å². The van der Waals surface area contributed by atoms with Crippen LogP contribution in [-0.2, 0) is 27.4 Å². The van der Waals surface area contributed by atoms with Crippen molar-refractivity contribution >= 4 is 23.5 Å². The van der Waals surface area contributed by atoms with Crippen molar-refractivity contribution in [2.75, 3.05) is 44.3 Å². The van der Waals surface area contributed by atoms with Crippen LogP contribution in [0.4, 0.5) is 10.5 Å². The Kier molecular flexibility index (Phi) is 13.0. The number of phenols is 1.